The zero-order valence-electron chi connectivity index (χ0n) is 10.1. The minimum Gasteiger partial charge on any atom is -0.282 e. The molecule has 0 unspecified atom stereocenters. The van der Waals surface area contributed by atoms with E-state index in [1.54, 1.807) is 24.3 Å². The summed E-state index contributed by atoms with van der Waals surface area (Å²) in [7, 11) is -3.37. The summed E-state index contributed by atoms with van der Waals surface area (Å²) in [6, 6.07) is 8.67. The quantitative estimate of drug-likeness (QED) is 0.912. The highest BCUT2D eigenvalue weighted by Gasteiger charge is 2.27. The van der Waals surface area contributed by atoms with E-state index in [-0.39, 0.29) is 5.25 Å². The van der Waals surface area contributed by atoms with Crippen LogP contribution in [0.4, 0.5) is 5.69 Å². The summed E-state index contributed by atoms with van der Waals surface area (Å²) in [4.78, 5) is 0. The van der Waals surface area contributed by atoms with Gasteiger partial charge in [0.15, 0.2) is 0 Å². The molecule has 0 amide bonds. The van der Waals surface area contributed by atoms with Gasteiger partial charge in [-0.3, -0.25) is 4.72 Å². The zero-order valence-corrected chi connectivity index (χ0v) is 10.9. The molecule has 1 aromatic carbocycles. The number of nitrogens with zero attached hydrogens (tertiary/aromatic N) is 1. The molecule has 1 aromatic rings. The molecule has 96 valence electrons. The first-order chi connectivity index (χ1) is 8.63. The molecule has 4 nitrogen and oxygen atoms in total. The summed E-state index contributed by atoms with van der Waals surface area (Å²) in [6.45, 7) is 0. The average molecular weight is 264 g/mol. The van der Waals surface area contributed by atoms with Gasteiger partial charge in [-0.25, -0.2) is 8.42 Å². The van der Waals surface area contributed by atoms with E-state index < -0.39 is 10.0 Å². The number of para-hydroxylation sites is 1. The third-order valence-electron chi connectivity index (χ3n) is 3.29. The molecule has 2 rings (SSSR count). The second-order valence-corrected chi connectivity index (χ2v) is 6.53. The number of nitrogens with one attached hydrogen (secondary N) is 1. The molecule has 0 spiro atoms. The average Bonchev–Trinajstić information content (AvgIpc) is 2.40. The van der Waals surface area contributed by atoms with Crippen molar-refractivity contribution < 1.29 is 8.42 Å². The van der Waals surface area contributed by atoms with Gasteiger partial charge < -0.3 is 0 Å². The van der Waals surface area contributed by atoms with Crippen molar-refractivity contribution in [2.45, 2.75) is 37.4 Å². The van der Waals surface area contributed by atoms with E-state index in [1.807, 2.05) is 6.07 Å². The Hall–Kier alpha value is -1.54. The van der Waals surface area contributed by atoms with Crippen molar-refractivity contribution in [3.63, 3.8) is 0 Å². The molecule has 1 aliphatic rings. The molecular formula is C13H16N2O2S. The Morgan fingerprint density at radius 2 is 1.83 bits per heavy atom. The molecule has 0 radical (unpaired) electrons. The minimum absolute atomic E-state index is 0.321. The van der Waals surface area contributed by atoms with Gasteiger partial charge in [0.2, 0.25) is 10.0 Å². The van der Waals surface area contributed by atoms with Crippen molar-refractivity contribution in [1.82, 2.24) is 0 Å². The number of nitriles is 1. The van der Waals surface area contributed by atoms with Crippen LogP contribution in [0.3, 0.4) is 0 Å². The molecule has 0 saturated heterocycles. The first-order valence-corrected chi connectivity index (χ1v) is 7.69. The van der Waals surface area contributed by atoms with Crippen LogP contribution < -0.4 is 4.72 Å². The van der Waals surface area contributed by atoms with Crippen molar-refractivity contribution in [2.24, 2.45) is 0 Å². The molecule has 1 fully saturated rings. The van der Waals surface area contributed by atoms with E-state index in [2.05, 4.69) is 4.72 Å². The van der Waals surface area contributed by atoms with Crippen molar-refractivity contribution in [1.29, 1.82) is 5.26 Å². The molecule has 0 bridgehead atoms. The number of hydrogen-bond donors (Lipinski definition) is 1. The largest absolute Gasteiger partial charge is 0.282 e. The highest BCUT2D eigenvalue weighted by Crippen LogP contribution is 2.26. The summed E-state index contributed by atoms with van der Waals surface area (Å²) in [5.41, 5.74) is 0.738. The molecule has 0 aromatic heterocycles. The second kappa shape index (κ2) is 5.40. The van der Waals surface area contributed by atoms with Crippen LogP contribution in [0.5, 0.6) is 0 Å². The van der Waals surface area contributed by atoms with Crippen molar-refractivity contribution in [3.8, 4) is 6.07 Å². The van der Waals surface area contributed by atoms with Gasteiger partial charge in [-0.15, -0.1) is 0 Å². The van der Waals surface area contributed by atoms with E-state index in [1.165, 1.54) is 0 Å². The fourth-order valence-corrected chi connectivity index (χ4v) is 3.89. The van der Waals surface area contributed by atoms with Gasteiger partial charge in [0.1, 0.15) is 6.07 Å². The molecule has 0 atom stereocenters. The first-order valence-electron chi connectivity index (χ1n) is 6.14. The maximum absolute atomic E-state index is 12.2. The standard InChI is InChI=1S/C13H16N2O2S/c14-10-11-6-4-5-9-13(11)15-18(16,17)12-7-2-1-3-8-12/h4-6,9,12,15H,1-3,7-8H2. The second-order valence-electron chi connectivity index (χ2n) is 4.56. The molecule has 0 aliphatic heterocycles. The minimum atomic E-state index is -3.37. The summed E-state index contributed by atoms with van der Waals surface area (Å²) in [5.74, 6) is 0. The van der Waals surface area contributed by atoms with Crippen LogP contribution in [0.2, 0.25) is 0 Å². The maximum atomic E-state index is 12.2. The van der Waals surface area contributed by atoms with Crippen LogP contribution >= 0.6 is 0 Å². The van der Waals surface area contributed by atoms with Gasteiger partial charge in [-0.2, -0.15) is 5.26 Å². The summed E-state index contributed by atoms with van der Waals surface area (Å²) < 4.78 is 27.0. The Kier molecular flexibility index (Phi) is 3.87. The van der Waals surface area contributed by atoms with Gasteiger partial charge in [0.25, 0.3) is 0 Å². The summed E-state index contributed by atoms with van der Waals surface area (Å²) in [5, 5.41) is 8.62. The van der Waals surface area contributed by atoms with Gasteiger partial charge >= 0.3 is 0 Å². The molecule has 1 aliphatic carbocycles. The van der Waals surface area contributed by atoms with Crippen LogP contribution in [0.25, 0.3) is 0 Å². The van der Waals surface area contributed by atoms with E-state index in [9.17, 15) is 8.42 Å². The van der Waals surface area contributed by atoms with Crippen molar-refractivity contribution in [3.05, 3.63) is 29.8 Å². The van der Waals surface area contributed by atoms with Gasteiger partial charge in [0.05, 0.1) is 16.5 Å². The highest BCUT2D eigenvalue weighted by molar-refractivity contribution is 7.93. The normalized spacial score (nSPS) is 17.1. The molecule has 1 N–H and O–H groups in total. The topological polar surface area (TPSA) is 70.0 Å². The summed E-state index contributed by atoms with van der Waals surface area (Å²) in [6.07, 6.45) is 4.46. The van der Waals surface area contributed by atoms with Crippen LogP contribution in [-0.2, 0) is 10.0 Å². The van der Waals surface area contributed by atoms with E-state index in [0.717, 1.165) is 19.3 Å². The van der Waals surface area contributed by atoms with Gasteiger partial charge in [0, 0.05) is 0 Å². The Morgan fingerprint density at radius 1 is 1.17 bits per heavy atom. The fraction of sp³-hybridized carbons (Fsp3) is 0.462. The molecule has 18 heavy (non-hydrogen) atoms. The lowest BCUT2D eigenvalue weighted by atomic mass is 10.0. The van der Waals surface area contributed by atoms with Crippen LogP contribution in [0, 0.1) is 11.3 Å². The molecule has 1 saturated carbocycles. The number of benzene rings is 1. The predicted octanol–water partition coefficient (Wildman–Crippen LogP) is 2.63. The van der Waals surface area contributed by atoms with Crippen LogP contribution in [0.1, 0.15) is 37.7 Å². The van der Waals surface area contributed by atoms with Crippen LogP contribution in [0.15, 0.2) is 24.3 Å². The van der Waals surface area contributed by atoms with Crippen LogP contribution in [-0.4, -0.2) is 13.7 Å². The SMILES string of the molecule is N#Cc1ccccc1NS(=O)(=O)C1CCCCC1. The van der Waals surface area contributed by atoms with E-state index in [4.69, 9.17) is 5.26 Å². The third kappa shape index (κ3) is 2.82. The Labute approximate surface area is 108 Å². The highest BCUT2D eigenvalue weighted by atomic mass is 32.2. The Balaban J connectivity index is 2.19. The number of anilines is 1. The summed E-state index contributed by atoms with van der Waals surface area (Å²) >= 11 is 0. The number of hydrogen-bond acceptors (Lipinski definition) is 3. The van der Waals surface area contributed by atoms with Crippen molar-refractivity contribution in [2.75, 3.05) is 4.72 Å². The lowest BCUT2D eigenvalue weighted by molar-refractivity contribution is 0.486. The smallest absolute Gasteiger partial charge is 0.235 e. The van der Waals surface area contributed by atoms with Crippen molar-refractivity contribution >= 4 is 15.7 Å². The zero-order chi connectivity index (χ0) is 13.0. The number of sulfonamides is 1. The monoisotopic (exact) mass is 264 g/mol. The molecule has 0 heterocycles. The molecule has 5 heteroatoms. The lowest BCUT2D eigenvalue weighted by Crippen LogP contribution is -2.29. The first kappa shape index (κ1) is 12.9. The fourth-order valence-electron chi connectivity index (χ4n) is 2.28. The lowest BCUT2D eigenvalue weighted by Gasteiger charge is -2.22. The molecular weight excluding hydrogens is 248 g/mol. The Morgan fingerprint density at radius 3 is 2.50 bits per heavy atom. The number of rotatable bonds is 3. The maximum Gasteiger partial charge on any atom is 0.235 e. The van der Waals surface area contributed by atoms with Gasteiger partial charge in [-0.05, 0) is 25.0 Å². The van der Waals surface area contributed by atoms with Gasteiger partial charge in [-0.1, -0.05) is 31.4 Å². The third-order valence-corrected chi connectivity index (χ3v) is 5.14. The van der Waals surface area contributed by atoms with E-state index >= 15 is 0 Å². The predicted molar refractivity (Wildman–Crippen MR) is 70.6 cm³/mol. The van der Waals surface area contributed by atoms with E-state index in [0.29, 0.717) is 24.1 Å². The Bertz CT molecular complexity index is 555.